The average molecular weight is 341 g/mol. The molecule has 2 atom stereocenters. The minimum absolute atomic E-state index is 0.420. The van der Waals surface area contributed by atoms with E-state index in [0.717, 1.165) is 23.1 Å². The first-order chi connectivity index (χ1) is 9.52. The fourth-order valence-corrected chi connectivity index (χ4v) is 3.72. The van der Waals surface area contributed by atoms with E-state index in [2.05, 4.69) is 45.8 Å². The molecule has 0 aromatic heterocycles. The first kappa shape index (κ1) is 15.8. The lowest BCUT2D eigenvalue weighted by atomic mass is 10.1. The van der Waals surface area contributed by atoms with Crippen LogP contribution < -0.4 is 4.90 Å². The molecule has 2 rings (SSSR count). The second-order valence-electron chi connectivity index (χ2n) is 5.69. The molecule has 0 bridgehead atoms. The Kier molecular flexibility index (Phi) is 5.47. The van der Waals surface area contributed by atoms with Gasteiger partial charge in [0, 0.05) is 24.1 Å². The highest BCUT2D eigenvalue weighted by atomic mass is 79.9. The minimum atomic E-state index is -0.420. The van der Waals surface area contributed by atoms with E-state index >= 15 is 0 Å². The number of likely N-dealkylation sites (tertiary alicyclic amines) is 1. The summed E-state index contributed by atoms with van der Waals surface area (Å²) in [5, 5.41) is 9.63. The largest absolute Gasteiger partial charge is 0.389 e. The van der Waals surface area contributed by atoms with Crippen molar-refractivity contribution in [1.82, 2.24) is 4.90 Å². The van der Waals surface area contributed by atoms with Crippen LogP contribution in [0.25, 0.3) is 0 Å². The maximum atomic E-state index is 9.63. The number of halogens is 1. The predicted octanol–water partition coefficient (Wildman–Crippen LogP) is 3.42. The van der Waals surface area contributed by atoms with Crippen molar-refractivity contribution in [2.24, 2.45) is 0 Å². The summed E-state index contributed by atoms with van der Waals surface area (Å²) < 4.78 is 1.06. The maximum absolute atomic E-state index is 9.63. The van der Waals surface area contributed by atoms with E-state index in [-0.39, 0.29) is 0 Å². The second kappa shape index (κ2) is 6.92. The summed E-state index contributed by atoms with van der Waals surface area (Å²) in [5.74, 6) is 0. The van der Waals surface area contributed by atoms with E-state index < -0.39 is 6.10 Å². The smallest absolute Gasteiger partial charge is 0.0762 e. The first-order valence-electron chi connectivity index (χ1n) is 7.45. The van der Waals surface area contributed by atoms with Gasteiger partial charge in [0.25, 0.3) is 0 Å². The Labute approximate surface area is 130 Å². The Morgan fingerprint density at radius 2 is 2.25 bits per heavy atom. The normalized spacial score (nSPS) is 21.1. The lowest BCUT2D eigenvalue weighted by Gasteiger charge is -2.29. The molecular formula is C16H25BrN2O. The van der Waals surface area contributed by atoms with E-state index in [9.17, 15) is 5.11 Å². The Morgan fingerprint density at radius 3 is 2.85 bits per heavy atom. The van der Waals surface area contributed by atoms with E-state index in [0.29, 0.717) is 6.04 Å². The van der Waals surface area contributed by atoms with E-state index in [1.165, 1.54) is 25.1 Å². The van der Waals surface area contributed by atoms with Crippen LogP contribution in [0.3, 0.4) is 0 Å². The van der Waals surface area contributed by atoms with Gasteiger partial charge in [-0.05, 0) is 66.5 Å². The summed E-state index contributed by atoms with van der Waals surface area (Å²) in [6.07, 6.45) is 2.19. The Hall–Kier alpha value is -0.580. The Morgan fingerprint density at radius 1 is 1.50 bits per heavy atom. The molecule has 1 aromatic carbocycles. The third-order valence-corrected chi connectivity index (χ3v) is 4.89. The van der Waals surface area contributed by atoms with Gasteiger partial charge in [-0.3, -0.25) is 4.90 Å². The number of aliphatic hydroxyl groups is 1. The number of hydrogen-bond acceptors (Lipinski definition) is 3. The van der Waals surface area contributed by atoms with E-state index in [1.54, 1.807) is 6.92 Å². The molecule has 1 N–H and O–H groups in total. The van der Waals surface area contributed by atoms with E-state index in [1.807, 2.05) is 12.1 Å². The van der Waals surface area contributed by atoms with Gasteiger partial charge in [0.2, 0.25) is 0 Å². The fraction of sp³-hybridized carbons (Fsp3) is 0.625. The van der Waals surface area contributed by atoms with Gasteiger partial charge >= 0.3 is 0 Å². The molecule has 112 valence electrons. The molecule has 20 heavy (non-hydrogen) atoms. The van der Waals surface area contributed by atoms with Crippen LogP contribution in [0.1, 0.15) is 38.4 Å². The van der Waals surface area contributed by atoms with Crippen LogP contribution in [0.4, 0.5) is 5.69 Å². The zero-order valence-electron chi connectivity index (χ0n) is 12.6. The van der Waals surface area contributed by atoms with Crippen molar-refractivity contribution in [3.8, 4) is 0 Å². The van der Waals surface area contributed by atoms with Gasteiger partial charge in [-0.15, -0.1) is 0 Å². The zero-order chi connectivity index (χ0) is 14.7. The second-order valence-corrected chi connectivity index (χ2v) is 6.55. The van der Waals surface area contributed by atoms with Gasteiger partial charge in [0.15, 0.2) is 0 Å². The zero-order valence-corrected chi connectivity index (χ0v) is 14.2. The molecule has 1 aliphatic rings. The van der Waals surface area contributed by atoms with Crippen LogP contribution in [0, 0.1) is 0 Å². The maximum Gasteiger partial charge on any atom is 0.0762 e. The standard InChI is InChI=1S/C16H25BrN2O/c1-4-19-9-5-6-14(19)11-18(3)16-8-7-13(12(2)20)10-15(16)17/h7-8,10,12,14,20H,4-6,9,11H2,1-3H3. The minimum Gasteiger partial charge on any atom is -0.389 e. The highest BCUT2D eigenvalue weighted by Gasteiger charge is 2.24. The van der Waals surface area contributed by atoms with Gasteiger partial charge in [-0.2, -0.15) is 0 Å². The molecule has 1 fully saturated rings. The van der Waals surface area contributed by atoms with Crippen LogP contribution >= 0.6 is 15.9 Å². The number of likely N-dealkylation sites (N-methyl/N-ethyl adjacent to an activating group) is 2. The summed E-state index contributed by atoms with van der Waals surface area (Å²) in [7, 11) is 2.15. The third-order valence-electron chi connectivity index (χ3n) is 4.26. The molecule has 0 saturated carbocycles. The Balaban J connectivity index is 2.07. The van der Waals surface area contributed by atoms with Gasteiger partial charge < -0.3 is 10.0 Å². The van der Waals surface area contributed by atoms with Crippen LogP contribution in [0.5, 0.6) is 0 Å². The number of nitrogens with zero attached hydrogens (tertiary/aromatic N) is 2. The molecule has 0 aliphatic carbocycles. The molecule has 1 aliphatic heterocycles. The van der Waals surface area contributed by atoms with Gasteiger partial charge in [-0.25, -0.2) is 0 Å². The summed E-state index contributed by atoms with van der Waals surface area (Å²) in [6, 6.07) is 6.78. The van der Waals surface area contributed by atoms with Gasteiger partial charge in [-0.1, -0.05) is 13.0 Å². The van der Waals surface area contributed by atoms with Gasteiger partial charge in [0.05, 0.1) is 11.8 Å². The lowest BCUT2D eigenvalue weighted by Crippen LogP contribution is -2.38. The van der Waals surface area contributed by atoms with Crippen molar-refractivity contribution in [2.45, 2.75) is 38.8 Å². The van der Waals surface area contributed by atoms with Crippen molar-refractivity contribution in [2.75, 3.05) is 31.6 Å². The number of hydrogen-bond donors (Lipinski definition) is 1. The molecule has 0 amide bonds. The predicted molar refractivity (Wildman–Crippen MR) is 88.3 cm³/mol. The number of benzene rings is 1. The molecule has 0 radical (unpaired) electrons. The molecular weight excluding hydrogens is 316 g/mol. The average Bonchev–Trinajstić information content (AvgIpc) is 2.85. The Bertz CT molecular complexity index is 450. The van der Waals surface area contributed by atoms with Crippen LogP contribution in [-0.4, -0.2) is 42.7 Å². The number of rotatable bonds is 5. The number of anilines is 1. The molecule has 1 heterocycles. The van der Waals surface area contributed by atoms with Crippen molar-refractivity contribution in [1.29, 1.82) is 0 Å². The van der Waals surface area contributed by atoms with Crippen molar-refractivity contribution in [3.05, 3.63) is 28.2 Å². The highest BCUT2D eigenvalue weighted by molar-refractivity contribution is 9.10. The fourth-order valence-electron chi connectivity index (χ4n) is 3.03. The molecule has 1 saturated heterocycles. The molecule has 2 unspecified atom stereocenters. The van der Waals surface area contributed by atoms with Crippen LogP contribution in [0.15, 0.2) is 22.7 Å². The molecule has 4 heteroatoms. The summed E-state index contributed by atoms with van der Waals surface area (Å²) in [5.41, 5.74) is 2.14. The molecule has 3 nitrogen and oxygen atoms in total. The molecule has 1 aromatic rings. The van der Waals surface area contributed by atoms with Gasteiger partial charge in [0.1, 0.15) is 0 Å². The third kappa shape index (κ3) is 3.54. The summed E-state index contributed by atoms with van der Waals surface area (Å²) in [4.78, 5) is 4.88. The molecule has 0 spiro atoms. The van der Waals surface area contributed by atoms with Crippen molar-refractivity contribution in [3.63, 3.8) is 0 Å². The lowest BCUT2D eigenvalue weighted by molar-refractivity contribution is 0.199. The van der Waals surface area contributed by atoms with Crippen LogP contribution in [-0.2, 0) is 0 Å². The van der Waals surface area contributed by atoms with Crippen molar-refractivity contribution >= 4 is 21.6 Å². The summed E-state index contributed by atoms with van der Waals surface area (Å²) in [6.45, 7) is 7.47. The van der Waals surface area contributed by atoms with Crippen molar-refractivity contribution < 1.29 is 5.11 Å². The first-order valence-corrected chi connectivity index (χ1v) is 8.25. The summed E-state index contributed by atoms with van der Waals surface area (Å²) >= 11 is 3.63. The van der Waals surface area contributed by atoms with Crippen LogP contribution in [0.2, 0.25) is 0 Å². The number of aliphatic hydroxyl groups excluding tert-OH is 1. The quantitative estimate of drug-likeness (QED) is 0.889. The highest BCUT2D eigenvalue weighted by Crippen LogP contribution is 2.30. The monoisotopic (exact) mass is 340 g/mol. The van der Waals surface area contributed by atoms with E-state index in [4.69, 9.17) is 0 Å². The SMILES string of the molecule is CCN1CCCC1CN(C)c1ccc(C(C)O)cc1Br. The topological polar surface area (TPSA) is 26.7 Å².